The summed E-state index contributed by atoms with van der Waals surface area (Å²) in [5.41, 5.74) is 1.25. The second-order valence-electron chi connectivity index (χ2n) is 5.81. The lowest BCUT2D eigenvalue weighted by atomic mass is 10.1. The molecule has 0 aliphatic carbocycles. The molecule has 23 heavy (non-hydrogen) atoms. The van der Waals surface area contributed by atoms with E-state index in [9.17, 15) is 4.79 Å². The Labute approximate surface area is 136 Å². The first-order chi connectivity index (χ1) is 11.3. The Kier molecular flexibility index (Phi) is 5.32. The number of hydrogen-bond acceptors (Lipinski definition) is 3. The molecule has 1 aliphatic heterocycles. The van der Waals surface area contributed by atoms with Gasteiger partial charge in [0, 0.05) is 32.7 Å². The highest BCUT2D eigenvalue weighted by Gasteiger charge is 2.21. The zero-order valence-electron chi connectivity index (χ0n) is 13.3. The third-order valence-corrected chi connectivity index (χ3v) is 4.15. The summed E-state index contributed by atoms with van der Waals surface area (Å²) in [5.74, 6) is 0.978. The molecule has 0 bridgehead atoms. The van der Waals surface area contributed by atoms with E-state index in [0.717, 1.165) is 44.9 Å². The maximum atomic E-state index is 12.2. The van der Waals surface area contributed by atoms with E-state index < -0.39 is 0 Å². The second-order valence-corrected chi connectivity index (χ2v) is 5.81. The van der Waals surface area contributed by atoms with Crippen LogP contribution in [-0.4, -0.2) is 48.6 Å². The Morgan fingerprint density at radius 2 is 1.83 bits per heavy atom. The van der Waals surface area contributed by atoms with Crippen molar-refractivity contribution in [1.29, 1.82) is 0 Å². The summed E-state index contributed by atoms with van der Waals surface area (Å²) in [6.45, 7) is 4.78. The van der Waals surface area contributed by atoms with Gasteiger partial charge in [-0.05, 0) is 24.1 Å². The molecular weight excluding hydrogens is 290 g/mol. The summed E-state index contributed by atoms with van der Waals surface area (Å²) in [4.78, 5) is 16.4. The fourth-order valence-corrected chi connectivity index (χ4v) is 2.80. The summed E-state index contributed by atoms with van der Waals surface area (Å²) < 4.78 is 5.37. The fraction of sp³-hybridized carbons (Fsp3) is 0.389. The van der Waals surface area contributed by atoms with Crippen LogP contribution in [0.25, 0.3) is 0 Å². The average molecular weight is 313 g/mol. The average Bonchev–Trinajstić information content (AvgIpc) is 3.09. The number of carbonyl (C=O) groups is 1. The SMILES string of the molecule is O=C(NCCc1ccccc1)N1CCN(Cc2ccco2)CC1. The van der Waals surface area contributed by atoms with Crippen molar-refractivity contribution in [2.24, 2.45) is 0 Å². The minimum absolute atomic E-state index is 0.0404. The van der Waals surface area contributed by atoms with Gasteiger partial charge in [-0.15, -0.1) is 0 Å². The van der Waals surface area contributed by atoms with Crippen LogP contribution < -0.4 is 5.32 Å². The van der Waals surface area contributed by atoms with E-state index in [0.29, 0.717) is 6.54 Å². The molecule has 2 heterocycles. The summed E-state index contributed by atoms with van der Waals surface area (Å²) in [6, 6.07) is 14.2. The topological polar surface area (TPSA) is 48.7 Å². The van der Waals surface area contributed by atoms with Gasteiger partial charge in [0.2, 0.25) is 0 Å². The van der Waals surface area contributed by atoms with Crippen LogP contribution >= 0.6 is 0 Å². The number of hydrogen-bond donors (Lipinski definition) is 1. The molecule has 0 saturated carbocycles. The molecule has 1 fully saturated rings. The monoisotopic (exact) mass is 313 g/mol. The van der Waals surface area contributed by atoms with Crippen molar-refractivity contribution >= 4 is 6.03 Å². The quantitative estimate of drug-likeness (QED) is 0.922. The molecule has 1 N–H and O–H groups in total. The van der Waals surface area contributed by atoms with Crippen molar-refractivity contribution in [2.75, 3.05) is 32.7 Å². The first-order valence-corrected chi connectivity index (χ1v) is 8.13. The third kappa shape index (κ3) is 4.60. The van der Waals surface area contributed by atoms with E-state index in [1.165, 1.54) is 5.56 Å². The van der Waals surface area contributed by atoms with Crippen LogP contribution in [-0.2, 0) is 13.0 Å². The molecule has 2 amide bonds. The zero-order chi connectivity index (χ0) is 15.9. The van der Waals surface area contributed by atoms with Gasteiger partial charge in [0.25, 0.3) is 0 Å². The Bertz CT molecular complexity index is 590. The summed E-state index contributed by atoms with van der Waals surface area (Å²) in [6.07, 6.45) is 2.57. The number of nitrogens with one attached hydrogen (secondary N) is 1. The molecule has 1 saturated heterocycles. The van der Waals surface area contributed by atoms with E-state index in [4.69, 9.17) is 4.42 Å². The fourth-order valence-electron chi connectivity index (χ4n) is 2.80. The maximum Gasteiger partial charge on any atom is 0.317 e. The van der Waals surface area contributed by atoms with Crippen LogP contribution in [0.3, 0.4) is 0 Å². The highest BCUT2D eigenvalue weighted by molar-refractivity contribution is 5.74. The van der Waals surface area contributed by atoms with Crippen LogP contribution in [0.1, 0.15) is 11.3 Å². The number of urea groups is 1. The molecule has 0 atom stereocenters. The number of nitrogens with zero attached hydrogens (tertiary/aromatic N) is 2. The molecule has 1 aromatic carbocycles. The predicted molar refractivity (Wildman–Crippen MR) is 89.1 cm³/mol. The molecule has 0 spiro atoms. The zero-order valence-corrected chi connectivity index (χ0v) is 13.3. The first kappa shape index (κ1) is 15.6. The standard InChI is InChI=1S/C18H23N3O2/c22-18(19-9-8-16-5-2-1-3-6-16)21-12-10-20(11-13-21)15-17-7-4-14-23-17/h1-7,14H,8-13,15H2,(H,19,22). The van der Waals surface area contributed by atoms with Gasteiger partial charge >= 0.3 is 6.03 Å². The number of amides is 2. The van der Waals surface area contributed by atoms with E-state index in [2.05, 4.69) is 22.3 Å². The molecule has 1 aromatic heterocycles. The molecule has 3 rings (SSSR count). The lowest BCUT2D eigenvalue weighted by Gasteiger charge is -2.34. The van der Waals surface area contributed by atoms with Crippen molar-refractivity contribution in [3.05, 3.63) is 60.1 Å². The van der Waals surface area contributed by atoms with Crippen LogP contribution in [0.15, 0.2) is 53.1 Å². The minimum Gasteiger partial charge on any atom is -0.468 e. The van der Waals surface area contributed by atoms with Crippen LogP contribution in [0.5, 0.6) is 0 Å². The number of piperazine rings is 1. The molecule has 5 heteroatoms. The van der Waals surface area contributed by atoms with Gasteiger partial charge in [0.1, 0.15) is 5.76 Å². The van der Waals surface area contributed by atoms with Gasteiger partial charge < -0.3 is 14.6 Å². The Morgan fingerprint density at radius 1 is 1.04 bits per heavy atom. The van der Waals surface area contributed by atoms with Crippen molar-refractivity contribution < 1.29 is 9.21 Å². The molecule has 0 radical (unpaired) electrons. The van der Waals surface area contributed by atoms with Gasteiger partial charge in [0.05, 0.1) is 12.8 Å². The van der Waals surface area contributed by atoms with Gasteiger partial charge in [-0.3, -0.25) is 4.90 Å². The van der Waals surface area contributed by atoms with Gasteiger partial charge in [-0.2, -0.15) is 0 Å². The summed E-state index contributed by atoms with van der Waals surface area (Å²) in [5, 5.41) is 3.01. The normalized spacial score (nSPS) is 15.6. The number of furan rings is 1. The van der Waals surface area contributed by atoms with Crippen molar-refractivity contribution in [3.8, 4) is 0 Å². The number of benzene rings is 1. The first-order valence-electron chi connectivity index (χ1n) is 8.13. The van der Waals surface area contributed by atoms with E-state index >= 15 is 0 Å². The second kappa shape index (κ2) is 7.83. The molecule has 122 valence electrons. The number of rotatable bonds is 5. The Hall–Kier alpha value is -2.27. The molecule has 1 aliphatic rings. The minimum atomic E-state index is 0.0404. The number of carbonyl (C=O) groups excluding carboxylic acids is 1. The summed E-state index contributed by atoms with van der Waals surface area (Å²) >= 11 is 0. The molecule has 0 unspecified atom stereocenters. The highest BCUT2D eigenvalue weighted by atomic mass is 16.3. The smallest absolute Gasteiger partial charge is 0.317 e. The van der Waals surface area contributed by atoms with E-state index in [1.807, 2.05) is 35.2 Å². The van der Waals surface area contributed by atoms with Crippen LogP contribution in [0.2, 0.25) is 0 Å². The third-order valence-electron chi connectivity index (χ3n) is 4.15. The van der Waals surface area contributed by atoms with E-state index in [-0.39, 0.29) is 6.03 Å². The van der Waals surface area contributed by atoms with Gasteiger partial charge in [-0.1, -0.05) is 30.3 Å². The maximum absolute atomic E-state index is 12.2. The van der Waals surface area contributed by atoms with Crippen LogP contribution in [0, 0.1) is 0 Å². The van der Waals surface area contributed by atoms with Gasteiger partial charge in [-0.25, -0.2) is 4.79 Å². The highest BCUT2D eigenvalue weighted by Crippen LogP contribution is 2.09. The van der Waals surface area contributed by atoms with Crippen molar-refractivity contribution in [1.82, 2.24) is 15.1 Å². The Morgan fingerprint density at radius 3 is 2.52 bits per heavy atom. The predicted octanol–water partition coefficient (Wildman–Crippen LogP) is 2.35. The molecular formula is C18H23N3O2. The summed E-state index contributed by atoms with van der Waals surface area (Å²) in [7, 11) is 0. The Balaban J connectivity index is 1.36. The van der Waals surface area contributed by atoms with Crippen LogP contribution in [0.4, 0.5) is 4.79 Å². The largest absolute Gasteiger partial charge is 0.468 e. The lowest BCUT2D eigenvalue weighted by molar-refractivity contribution is 0.130. The lowest BCUT2D eigenvalue weighted by Crippen LogP contribution is -2.51. The molecule has 2 aromatic rings. The van der Waals surface area contributed by atoms with Gasteiger partial charge in [0.15, 0.2) is 0 Å². The van der Waals surface area contributed by atoms with E-state index in [1.54, 1.807) is 6.26 Å². The van der Waals surface area contributed by atoms with Crippen molar-refractivity contribution in [3.63, 3.8) is 0 Å². The van der Waals surface area contributed by atoms with Crippen molar-refractivity contribution in [2.45, 2.75) is 13.0 Å². The molecule has 5 nitrogen and oxygen atoms in total.